The number of amidine groups is 1. The topological polar surface area (TPSA) is 119 Å². The molecule has 2 aliphatic carbocycles. The maximum Gasteiger partial charge on any atom is 0.416 e. The Morgan fingerprint density at radius 1 is 1.16 bits per heavy atom. The van der Waals surface area contributed by atoms with Gasteiger partial charge in [-0.3, -0.25) is 24.1 Å². The van der Waals surface area contributed by atoms with E-state index in [4.69, 9.17) is 5.14 Å². The smallest absolute Gasteiger partial charge is 0.280 e. The van der Waals surface area contributed by atoms with Crippen LogP contribution in [0.4, 0.5) is 13.2 Å². The number of aromatic nitrogens is 1. The van der Waals surface area contributed by atoms with Crippen LogP contribution in [0, 0.1) is 5.92 Å². The highest BCUT2D eigenvalue weighted by atomic mass is 32.2. The Kier molecular flexibility index (Phi) is 6.03. The molecule has 0 radical (unpaired) electrons. The van der Waals surface area contributed by atoms with Crippen LogP contribution >= 0.6 is 0 Å². The molecule has 2 aliphatic heterocycles. The molecule has 1 aromatic heterocycles. The lowest BCUT2D eigenvalue weighted by atomic mass is 9.87. The number of nitrogens with one attached hydrogen (secondary N) is 1. The van der Waals surface area contributed by atoms with Crippen molar-refractivity contribution >= 4 is 33.5 Å². The Hall–Kier alpha value is -3.77. The predicted molar refractivity (Wildman–Crippen MR) is 136 cm³/mol. The molecule has 12 heteroatoms. The van der Waals surface area contributed by atoms with Crippen molar-refractivity contribution in [2.75, 3.05) is 6.54 Å². The van der Waals surface area contributed by atoms with Crippen molar-refractivity contribution in [2.24, 2.45) is 21.0 Å². The molecular weight excluding hydrogens is 507 g/mol. The summed E-state index contributed by atoms with van der Waals surface area (Å²) >= 11 is 0. The molecule has 0 saturated heterocycles. The molecule has 2 atom stereocenters. The molecule has 0 spiro atoms. The zero-order valence-electron chi connectivity index (χ0n) is 19.5. The number of nitrogens with zero attached hydrogens (tertiary/aromatic N) is 3. The molecule has 0 fully saturated rings. The van der Waals surface area contributed by atoms with Crippen molar-refractivity contribution < 1.29 is 21.6 Å². The maximum absolute atomic E-state index is 13.6. The minimum atomic E-state index is -4.53. The number of hydrogen-bond acceptors (Lipinski definition) is 5. The van der Waals surface area contributed by atoms with Crippen molar-refractivity contribution in [1.29, 1.82) is 0 Å². The summed E-state index contributed by atoms with van der Waals surface area (Å²) in [5.74, 6) is -0.304. The predicted octanol–water partition coefficient (Wildman–Crippen LogP) is 3.03. The first-order valence-electron chi connectivity index (χ1n) is 11.3. The third-order valence-corrected chi connectivity index (χ3v) is 6.76. The van der Waals surface area contributed by atoms with E-state index >= 15 is 0 Å². The van der Waals surface area contributed by atoms with Gasteiger partial charge in [0.25, 0.3) is 15.8 Å². The second kappa shape index (κ2) is 8.96. The normalized spacial score (nSPS) is 25.0. The maximum atomic E-state index is 13.6. The van der Waals surface area contributed by atoms with Gasteiger partial charge in [-0.2, -0.15) is 21.6 Å². The Morgan fingerprint density at radius 2 is 1.95 bits per heavy atom. The molecule has 4 aliphatic rings. The molecular formula is C25H22F3N5O3S. The summed E-state index contributed by atoms with van der Waals surface area (Å²) in [6.45, 7) is 1.85. The number of dihydropyridines is 1. The highest BCUT2D eigenvalue weighted by Gasteiger charge is 2.36. The van der Waals surface area contributed by atoms with E-state index in [2.05, 4.69) is 14.7 Å². The van der Waals surface area contributed by atoms with E-state index in [9.17, 15) is 26.4 Å². The minimum Gasteiger partial charge on any atom is -0.280 e. The fourth-order valence-corrected chi connectivity index (χ4v) is 5.13. The van der Waals surface area contributed by atoms with Crippen LogP contribution in [0.1, 0.15) is 24.6 Å². The molecule has 0 aromatic carbocycles. The average Bonchev–Trinajstić information content (AvgIpc) is 2.82. The first-order valence-corrected chi connectivity index (χ1v) is 12.9. The Balaban J connectivity index is 1.60. The van der Waals surface area contributed by atoms with E-state index < -0.39 is 39.5 Å². The van der Waals surface area contributed by atoms with Gasteiger partial charge >= 0.3 is 6.18 Å². The van der Waals surface area contributed by atoms with Crippen molar-refractivity contribution in [3.8, 4) is 0 Å². The number of fused-ring (bicyclic) bond motifs is 3. The number of allylic oxidation sites excluding steroid dienone is 7. The minimum absolute atomic E-state index is 0.102. The van der Waals surface area contributed by atoms with Crippen LogP contribution in [-0.4, -0.2) is 43.8 Å². The summed E-state index contributed by atoms with van der Waals surface area (Å²) in [5.41, 5.74) is 2.38. The van der Waals surface area contributed by atoms with Gasteiger partial charge in [-0.1, -0.05) is 31.2 Å². The van der Waals surface area contributed by atoms with Crippen molar-refractivity contribution in [3.05, 3.63) is 93.0 Å². The molecule has 2 unspecified atom stereocenters. The van der Waals surface area contributed by atoms with E-state index in [-0.39, 0.29) is 24.5 Å². The SMILES string of the molecule is CC1C=C(C(F)(F)F)C=C(n2c3c(ccc2=O)C=NC2C=CC(=C4C=CC(NS(N)(=O)=O)=NC4)C=C32)C1. The monoisotopic (exact) mass is 529 g/mol. The molecule has 5 rings (SSSR count). The standard InChI is InChI=1S/C25H22F3N5O3S/c1-14-8-18(25(26,27)28)11-19(9-14)33-23(34)7-4-17-13-30-21-5-2-15(10-20(21)24(17)33)16-3-6-22(31-12-16)32-37(29,35)36/h2-8,10-11,13-14,21H,9,12H2,1H3,(H,31,32)(H2,29,35,36). The highest BCUT2D eigenvalue weighted by Crippen LogP contribution is 2.38. The Morgan fingerprint density at radius 3 is 2.62 bits per heavy atom. The van der Waals surface area contributed by atoms with Gasteiger partial charge in [0.15, 0.2) is 0 Å². The first kappa shape index (κ1) is 24.9. The van der Waals surface area contributed by atoms with Gasteiger partial charge in [-0.15, -0.1) is 0 Å². The molecule has 0 amide bonds. The second-order valence-electron chi connectivity index (χ2n) is 9.09. The number of pyridine rings is 1. The van der Waals surface area contributed by atoms with Gasteiger partial charge in [-0.25, -0.2) is 5.14 Å². The third-order valence-electron chi connectivity index (χ3n) is 6.27. The Bertz CT molecular complexity index is 1600. The average molecular weight is 530 g/mol. The zero-order valence-corrected chi connectivity index (χ0v) is 20.3. The van der Waals surface area contributed by atoms with Crippen LogP contribution in [0.5, 0.6) is 0 Å². The molecule has 1 aromatic rings. The first-order chi connectivity index (χ1) is 17.4. The van der Waals surface area contributed by atoms with Crippen LogP contribution in [0.3, 0.4) is 0 Å². The van der Waals surface area contributed by atoms with Gasteiger partial charge in [0, 0.05) is 29.1 Å². The largest absolute Gasteiger partial charge is 0.416 e. The second-order valence-corrected chi connectivity index (χ2v) is 10.4. The lowest BCUT2D eigenvalue weighted by molar-refractivity contribution is -0.0888. The van der Waals surface area contributed by atoms with E-state index in [0.29, 0.717) is 16.8 Å². The fraction of sp³-hybridized carbons (Fsp3) is 0.240. The van der Waals surface area contributed by atoms with Crippen LogP contribution in [-0.2, 0) is 10.2 Å². The van der Waals surface area contributed by atoms with Crippen molar-refractivity contribution in [3.63, 3.8) is 0 Å². The van der Waals surface area contributed by atoms with E-state index in [0.717, 1.165) is 17.2 Å². The van der Waals surface area contributed by atoms with Crippen molar-refractivity contribution in [2.45, 2.75) is 25.6 Å². The van der Waals surface area contributed by atoms with Gasteiger partial charge in [0.2, 0.25) is 0 Å². The van der Waals surface area contributed by atoms with Gasteiger partial charge in [0.1, 0.15) is 5.84 Å². The lowest BCUT2D eigenvalue weighted by Crippen LogP contribution is -2.36. The van der Waals surface area contributed by atoms with Gasteiger partial charge in [-0.05, 0) is 47.8 Å². The van der Waals surface area contributed by atoms with Gasteiger partial charge < -0.3 is 0 Å². The van der Waals surface area contributed by atoms with Crippen LogP contribution in [0.2, 0.25) is 0 Å². The lowest BCUT2D eigenvalue weighted by Gasteiger charge is -2.29. The summed E-state index contributed by atoms with van der Waals surface area (Å²) in [6, 6.07) is 2.53. The summed E-state index contributed by atoms with van der Waals surface area (Å²) in [4.78, 5) is 21.8. The van der Waals surface area contributed by atoms with E-state index in [1.807, 2.05) is 18.2 Å². The number of alkyl halides is 3. The van der Waals surface area contributed by atoms with Gasteiger partial charge in [0.05, 0.1) is 23.9 Å². The number of nitrogens with two attached hydrogens (primary N) is 1. The number of aliphatic imine (C=N–C) groups is 2. The third kappa shape index (κ3) is 5.07. The van der Waals surface area contributed by atoms with Crippen molar-refractivity contribution in [1.82, 2.24) is 9.29 Å². The molecule has 8 nitrogen and oxygen atoms in total. The van der Waals surface area contributed by atoms with E-state index in [1.54, 1.807) is 25.3 Å². The molecule has 3 N–H and O–H groups in total. The molecule has 192 valence electrons. The number of halogens is 3. The summed E-state index contributed by atoms with van der Waals surface area (Å²) in [6.07, 6.45) is 8.30. The summed E-state index contributed by atoms with van der Waals surface area (Å²) in [5, 5.41) is 4.99. The molecule has 0 bridgehead atoms. The molecule has 37 heavy (non-hydrogen) atoms. The summed E-state index contributed by atoms with van der Waals surface area (Å²) < 4.78 is 66.7. The number of hydrogen-bond donors (Lipinski definition) is 2. The van der Waals surface area contributed by atoms with E-state index in [1.165, 1.54) is 22.8 Å². The van der Waals surface area contributed by atoms with Crippen LogP contribution in [0.25, 0.3) is 11.3 Å². The number of rotatable bonds is 2. The quantitative estimate of drug-likeness (QED) is 0.613. The van der Waals surface area contributed by atoms with Crippen LogP contribution in [0.15, 0.2) is 86.2 Å². The van der Waals surface area contributed by atoms with Crippen LogP contribution < -0.4 is 15.4 Å². The molecule has 0 saturated carbocycles. The Labute approximate surface area is 210 Å². The molecule has 3 heterocycles. The fourth-order valence-electron chi connectivity index (χ4n) is 4.71. The summed E-state index contributed by atoms with van der Waals surface area (Å²) in [7, 11) is -3.95. The highest BCUT2D eigenvalue weighted by molar-refractivity contribution is 7.87. The zero-order chi connectivity index (χ0) is 26.5.